The number of pyridine rings is 1. The van der Waals surface area contributed by atoms with Crippen molar-refractivity contribution in [2.24, 2.45) is 0 Å². The topological polar surface area (TPSA) is 90.7 Å². The Kier molecular flexibility index (Phi) is 4.39. The van der Waals surface area contributed by atoms with Gasteiger partial charge in [-0.15, -0.1) is 0 Å². The Labute approximate surface area is 156 Å². The quantitative estimate of drug-likeness (QED) is 0.496. The molecular formula is C21H20N2O4. The number of aliphatic hydroxyl groups is 1. The van der Waals surface area contributed by atoms with Crippen LogP contribution < -0.4 is 0 Å². The molecule has 4 rings (SSSR count). The highest BCUT2D eigenvalue weighted by atomic mass is 16.3. The van der Waals surface area contributed by atoms with Crippen LogP contribution in [0.1, 0.15) is 42.9 Å². The minimum absolute atomic E-state index is 0.0449. The Bertz CT molecular complexity index is 917. The SMILES string of the molecule is O=C1C(=O)N(C2CCCC2)C(c2cccc(O)c2)/C1=C(/O)c1ccncc1. The number of Topliss-reactive ketones (excluding diaryl/α,β-unsaturated/α-hetero) is 1. The first-order valence-corrected chi connectivity index (χ1v) is 9.07. The van der Waals surface area contributed by atoms with E-state index in [9.17, 15) is 19.8 Å². The first kappa shape index (κ1) is 17.3. The van der Waals surface area contributed by atoms with Crippen LogP contribution in [-0.4, -0.2) is 37.8 Å². The van der Waals surface area contributed by atoms with Crippen LogP contribution in [0.3, 0.4) is 0 Å². The standard InChI is InChI=1S/C21H20N2O4/c24-16-7-3-4-14(12-16)18-17(19(25)13-8-10-22-11-9-13)20(26)21(27)23(18)15-5-1-2-6-15/h3-4,7-12,15,18,24-25H,1-2,5-6H2/b19-17-. The second-order valence-electron chi connectivity index (χ2n) is 6.98. The lowest BCUT2D eigenvalue weighted by atomic mass is 9.94. The van der Waals surface area contributed by atoms with Gasteiger partial charge in [0.1, 0.15) is 11.5 Å². The fourth-order valence-corrected chi connectivity index (χ4v) is 4.10. The molecule has 2 N–H and O–H groups in total. The number of ketones is 1. The molecule has 1 atom stereocenters. The predicted molar refractivity (Wildman–Crippen MR) is 98.7 cm³/mol. The average molecular weight is 364 g/mol. The summed E-state index contributed by atoms with van der Waals surface area (Å²) in [5, 5.41) is 20.8. The number of aliphatic hydroxyl groups excluding tert-OH is 1. The molecule has 2 heterocycles. The molecule has 27 heavy (non-hydrogen) atoms. The monoisotopic (exact) mass is 364 g/mol. The Morgan fingerprint density at radius 2 is 1.78 bits per heavy atom. The summed E-state index contributed by atoms with van der Waals surface area (Å²) < 4.78 is 0. The number of amides is 1. The van der Waals surface area contributed by atoms with E-state index in [1.54, 1.807) is 35.2 Å². The first-order chi connectivity index (χ1) is 13.1. The molecule has 1 aliphatic carbocycles. The lowest BCUT2D eigenvalue weighted by molar-refractivity contribution is -0.141. The highest BCUT2D eigenvalue weighted by Crippen LogP contribution is 2.43. The van der Waals surface area contributed by atoms with Crippen LogP contribution in [0.15, 0.2) is 54.4 Å². The van der Waals surface area contributed by atoms with Crippen molar-refractivity contribution >= 4 is 17.4 Å². The molecule has 2 aliphatic rings. The van der Waals surface area contributed by atoms with Crippen molar-refractivity contribution < 1.29 is 19.8 Å². The highest BCUT2D eigenvalue weighted by molar-refractivity contribution is 6.46. The lowest BCUT2D eigenvalue weighted by Crippen LogP contribution is -2.37. The maximum atomic E-state index is 12.9. The van der Waals surface area contributed by atoms with Crippen molar-refractivity contribution in [1.82, 2.24) is 9.88 Å². The summed E-state index contributed by atoms with van der Waals surface area (Å²) in [6.45, 7) is 0. The maximum absolute atomic E-state index is 12.9. The zero-order valence-corrected chi connectivity index (χ0v) is 14.7. The number of rotatable bonds is 3. The van der Waals surface area contributed by atoms with E-state index in [1.807, 2.05) is 0 Å². The van der Waals surface area contributed by atoms with Gasteiger partial charge < -0.3 is 15.1 Å². The third-order valence-corrected chi connectivity index (χ3v) is 5.34. The van der Waals surface area contributed by atoms with E-state index < -0.39 is 17.7 Å². The van der Waals surface area contributed by atoms with Crippen LogP contribution in [0.25, 0.3) is 5.76 Å². The summed E-state index contributed by atoms with van der Waals surface area (Å²) in [7, 11) is 0. The molecule has 0 bridgehead atoms. The van der Waals surface area contributed by atoms with Crippen molar-refractivity contribution in [2.75, 3.05) is 0 Å². The molecule has 1 amide bonds. The molecule has 138 valence electrons. The van der Waals surface area contributed by atoms with Crippen molar-refractivity contribution in [3.05, 3.63) is 65.5 Å². The number of likely N-dealkylation sites (tertiary alicyclic amines) is 1. The zero-order chi connectivity index (χ0) is 19.0. The summed E-state index contributed by atoms with van der Waals surface area (Å²) in [4.78, 5) is 31.3. The van der Waals surface area contributed by atoms with Gasteiger partial charge in [-0.1, -0.05) is 25.0 Å². The van der Waals surface area contributed by atoms with Gasteiger partial charge >= 0.3 is 0 Å². The number of nitrogens with zero attached hydrogens (tertiary/aromatic N) is 2. The fraction of sp³-hybridized carbons (Fsp3) is 0.286. The Morgan fingerprint density at radius 1 is 1.07 bits per heavy atom. The van der Waals surface area contributed by atoms with Gasteiger partial charge in [0.15, 0.2) is 0 Å². The fourth-order valence-electron chi connectivity index (χ4n) is 4.10. The van der Waals surface area contributed by atoms with Crippen molar-refractivity contribution in [3.63, 3.8) is 0 Å². The van der Waals surface area contributed by atoms with Crippen LogP contribution in [0, 0.1) is 0 Å². The van der Waals surface area contributed by atoms with Gasteiger partial charge in [0.05, 0.1) is 11.6 Å². The number of benzene rings is 1. The second-order valence-corrected chi connectivity index (χ2v) is 6.98. The van der Waals surface area contributed by atoms with Crippen molar-refractivity contribution in [2.45, 2.75) is 37.8 Å². The van der Waals surface area contributed by atoms with Gasteiger partial charge in [0.2, 0.25) is 0 Å². The summed E-state index contributed by atoms with van der Waals surface area (Å²) in [6, 6.07) is 8.94. The number of aromatic hydroxyl groups is 1. The van der Waals surface area contributed by atoms with Crippen molar-refractivity contribution in [3.8, 4) is 5.75 Å². The van der Waals surface area contributed by atoms with E-state index in [2.05, 4.69) is 4.98 Å². The van der Waals surface area contributed by atoms with Crippen LogP contribution in [0.5, 0.6) is 5.75 Å². The number of hydrogen-bond donors (Lipinski definition) is 2. The number of aromatic nitrogens is 1. The molecule has 2 aromatic rings. The number of carbonyl (C=O) groups is 2. The van der Waals surface area contributed by atoms with E-state index >= 15 is 0 Å². The molecule has 0 spiro atoms. The Balaban J connectivity index is 1.90. The lowest BCUT2D eigenvalue weighted by Gasteiger charge is -2.30. The molecule has 1 unspecified atom stereocenters. The molecule has 6 heteroatoms. The van der Waals surface area contributed by atoms with Crippen LogP contribution >= 0.6 is 0 Å². The molecule has 1 aliphatic heterocycles. The molecule has 1 aromatic carbocycles. The average Bonchev–Trinajstić information content (AvgIpc) is 3.29. The van der Waals surface area contributed by atoms with E-state index in [1.165, 1.54) is 18.5 Å². The minimum atomic E-state index is -0.714. The third-order valence-electron chi connectivity index (χ3n) is 5.34. The number of phenolic OH excluding ortho intramolecular Hbond substituents is 1. The second kappa shape index (κ2) is 6.87. The van der Waals surface area contributed by atoms with Crippen LogP contribution in [0.4, 0.5) is 0 Å². The molecule has 1 saturated carbocycles. The third kappa shape index (κ3) is 2.97. The number of carbonyl (C=O) groups excluding carboxylic acids is 2. The predicted octanol–water partition coefficient (Wildman–Crippen LogP) is 3.15. The zero-order valence-electron chi connectivity index (χ0n) is 14.7. The first-order valence-electron chi connectivity index (χ1n) is 9.07. The Morgan fingerprint density at radius 3 is 2.44 bits per heavy atom. The van der Waals surface area contributed by atoms with E-state index in [0.717, 1.165) is 25.7 Å². The maximum Gasteiger partial charge on any atom is 0.295 e. The molecule has 0 radical (unpaired) electrons. The van der Waals surface area contributed by atoms with Gasteiger partial charge in [0, 0.05) is 24.0 Å². The summed E-state index contributed by atoms with van der Waals surface area (Å²) in [6.07, 6.45) is 6.71. The van der Waals surface area contributed by atoms with E-state index in [4.69, 9.17) is 0 Å². The molecule has 2 fully saturated rings. The van der Waals surface area contributed by atoms with Gasteiger partial charge in [-0.05, 0) is 42.7 Å². The normalized spacial score (nSPS) is 22.5. The molecular weight excluding hydrogens is 344 g/mol. The molecule has 1 saturated heterocycles. The summed E-state index contributed by atoms with van der Waals surface area (Å²) in [5.41, 5.74) is 1.10. The van der Waals surface area contributed by atoms with Crippen LogP contribution in [-0.2, 0) is 9.59 Å². The van der Waals surface area contributed by atoms with Gasteiger partial charge in [0.25, 0.3) is 11.7 Å². The van der Waals surface area contributed by atoms with E-state index in [0.29, 0.717) is 11.1 Å². The largest absolute Gasteiger partial charge is 0.508 e. The number of hydrogen-bond acceptors (Lipinski definition) is 5. The Hall–Kier alpha value is -3.15. The van der Waals surface area contributed by atoms with Gasteiger partial charge in [-0.3, -0.25) is 14.6 Å². The number of phenols is 1. The molecule has 6 nitrogen and oxygen atoms in total. The van der Waals surface area contributed by atoms with Gasteiger partial charge in [-0.25, -0.2) is 0 Å². The van der Waals surface area contributed by atoms with E-state index in [-0.39, 0.29) is 23.1 Å². The molecule has 1 aromatic heterocycles. The van der Waals surface area contributed by atoms with Gasteiger partial charge in [-0.2, -0.15) is 0 Å². The minimum Gasteiger partial charge on any atom is -0.508 e. The summed E-state index contributed by atoms with van der Waals surface area (Å²) >= 11 is 0. The van der Waals surface area contributed by atoms with Crippen molar-refractivity contribution in [1.29, 1.82) is 0 Å². The summed E-state index contributed by atoms with van der Waals surface area (Å²) in [5.74, 6) is -1.45. The highest BCUT2D eigenvalue weighted by Gasteiger charge is 2.49. The smallest absolute Gasteiger partial charge is 0.295 e. The van der Waals surface area contributed by atoms with Crippen LogP contribution in [0.2, 0.25) is 0 Å².